The van der Waals surface area contributed by atoms with Crippen molar-refractivity contribution in [2.45, 2.75) is 31.7 Å². The zero-order chi connectivity index (χ0) is 17.8. The second-order valence-electron chi connectivity index (χ2n) is 7.69. The third-order valence-electron chi connectivity index (χ3n) is 5.76. The summed E-state index contributed by atoms with van der Waals surface area (Å²) < 4.78 is 5.37. The molecule has 2 unspecified atom stereocenters. The fourth-order valence-electron chi connectivity index (χ4n) is 4.17. The first-order valence-electron chi connectivity index (χ1n) is 9.91. The lowest BCUT2D eigenvalue weighted by Gasteiger charge is -2.26. The van der Waals surface area contributed by atoms with Gasteiger partial charge in [0.2, 0.25) is 11.9 Å². The Hall–Kier alpha value is -1.73. The van der Waals surface area contributed by atoms with Crippen molar-refractivity contribution in [2.24, 2.45) is 11.8 Å². The topological polar surface area (TPSA) is 70.6 Å². The van der Waals surface area contributed by atoms with Crippen LogP contribution in [-0.4, -0.2) is 72.8 Å². The van der Waals surface area contributed by atoms with Gasteiger partial charge in [0, 0.05) is 50.9 Å². The second kappa shape index (κ2) is 8.31. The second-order valence-corrected chi connectivity index (χ2v) is 7.69. The number of hydrogen-bond donors (Lipinski definition) is 1. The number of morpholine rings is 1. The molecule has 7 heteroatoms. The van der Waals surface area contributed by atoms with Crippen LogP contribution in [0.15, 0.2) is 18.5 Å². The minimum Gasteiger partial charge on any atom is -0.379 e. The van der Waals surface area contributed by atoms with Crippen LogP contribution in [0.2, 0.25) is 0 Å². The molecular formula is C19H29N5O2. The lowest BCUT2D eigenvalue weighted by Crippen LogP contribution is -2.42. The van der Waals surface area contributed by atoms with Gasteiger partial charge >= 0.3 is 0 Å². The van der Waals surface area contributed by atoms with Crippen molar-refractivity contribution >= 4 is 11.9 Å². The van der Waals surface area contributed by atoms with Gasteiger partial charge in [-0.25, -0.2) is 9.97 Å². The van der Waals surface area contributed by atoms with E-state index in [0.29, 0.717) is 12.3 Å². The maximum absolute atomic E-state index is 12.5. The van der Waals surface area contributed by atoms with E-state index in [1.165, 1.54) is 12.8 Å². The van der Waals surface area contributed by atoms with Crippen molar-refractivity contribution in [3.8, 4) is 0 Å². The van der Waals surface area contributed by atoms with Gasteiger partial charge in [0.25, 0.3) is 0 Å². The predicted octanol–water partition coefficient (Wildman–Crippen LogP) is 0.920. The number of aromatic nitrogens is 2. The molecule has 0 bridgehead atoms. The SMILES string of the molecule is O=C(CCCN1CCOCC1)NC1CN(c2ncccn2)CC1C1CC1. The van der Waals surface area contributed by atoms with Crippen molar-refractivity contribution in [1.29, 1.82) is 0 Å². The molecule has 1 amide bonds. The standard InChI is InChI=1S/C19H29N5O2/c25-18(3-1-8-23-9-11-26-12-10-23)22-17-14-24(13-16(17)15-4-5-15)19-20-6-2-7-21-19/h2,6-7,15-17H,1,3-5,8-14H2,(H,22,25). The van der Waals surface area contributed by atoms with Gasteiger partial charge in [0.15, 0.2) is 0 Å². The van der Waals surface area contributed by atoms with Gasteiger partial charge in [-0.1, -0.05) is 0 Å². The maximum atomic E-state index is 12.5. The van der Waals surface area contributed by atoms with Crippen molar-refractivity contribution in [3.63, 3.8) is 0 Å². The van der Waals surface area contributed by atoms with Crippen molar-refractivity contribution < 1.29 is 9.53 Å². The van der Waals surface area contributed by atoms with Gasteiger partial charge in [-0.15, -0.1) is 0 Å². The highest BCUT2D eigenvalue weighted by molar-refractivity contribution is 5.76. The summed E-state index contributed by atoms with van der Waals surface area (Å²) in [5, 5.41) is 3.31. The summed E-state index contributed by atoms with van der Waals surface area (Å²) in [4.78, 5) is 25.8. The van der Waals surface area contributed by atoms with Crippen LogP contribution in [0.25, 0.3) is 0 Å². The van der Waals surface area contributed by atoms with Gasteiger partial charge in [0.1, 0.15) is 0 Å². The Bertz CT molecular complexity index is 589. The number of amides is 1. The molecule has 2 atom stereocenters. The van der Waals surface area contributed by atoms with E-state index in [-0.39, 0.29) is 11.9 Å². The molecule has 2 saturated heterocycles. The molecule has 1 aliphatic carbocycles. The highest BCUT2D eigenvalue weighted by atomic mass is 16.5. The molecule has 7 nitrogen and oxygen atoms in total. The highest BCUT2D eigenvalue weighted by Gasteiger charge is 2.43. The molecule has 1 N–H and O–H groups in total. The van der Waals surface area contributed by atoms with Crippen molar-refractivity contribution in [2.75, 3.05) is 50.8 Å². The molecule has 26 heavy (non-hydrogen) atoms. The summed E-state index contributed by atoms with van der Waals surface area (Å²) in [6.07, 6.45) is 7.67. The molecule has 3 fully saturated rings. The largest absolute Gasteiger partial charge is 0.379 e. The minimum absolute atomic E-state index is 0.185. The van der Waals surface area contributed by atoms with Gasteiger partial charge in [-0.3, -0.25) is 9.69 Å². The number of anilines is 1. The number of nitrogens with one attached hydrogen (secondary N) is 1. The Labute approximate surface area is 155 Å². The molecule has 1 aromatic heterocycles. The number of nitrogens with zero attached hydrogens (tertiary/aromatic N) is 4. The summed E-state index contributed by atoms with van der Waals surface area (Å²) >= 11 is 0. The Balaban J connectivity index is 1.26. The van der Waals surface area contributed by atoms with E-state index in [0.717, 1.165) is 64.2 Å². The smallest absolute Gasteiger partial charge is 0.225 e. The zero-order valence-electron chi connectivity index (χ0n) is 15.3. The fraction of sp³-hybridized carbons (Fsp3) is 0.737. The van der Waals surface area contributed by atoms with Crippen LogP contribution >= 0.6 is 0 Å². The average molecular weight is 359 g/mol. The molecule has 1 saturated carbocycles. The van der Waals surface area contributed by atoms with E-state index < -0.39 is 0 Å². The number of hydrogen-bond acceptors (Lipinski definition) is 6. The van der Waals surface area contributed by atoms with Crippen molar-refractivity contribution in [3.05, 3.63) is 18.5 Å². The van der Waals surface area contributed by atoms with Crippen LogP contribution < -0.4 is 10.2 Å². The highest BCUT2D eigenvalue weighted by Crippen LogP contribution is 2.42. The maximum Gasteiger partial charge on any atom is 0.225 e. The summed E-state index contributed by atoms with van der Waals surface area (Å²) in [7, 11) is 0. The molecule has 142 valence electrons. The molecule has 0 spiro atoms. The first-order valence-corrected chi connectivity index (χ1v) is 9.91. The first-order chi connectivity index (χ1) is 12.8. The van der Waals surface area contributed by atoms with E-state index in [4.69, 9.17) is 4.74 Å². The lowest BCUT2D eigenvalue weighted by molar-refractivity contribution is -0.122. The lowest BCUT2D eigenvalue weighted by atomic mass is 9.98. The summed E-state index contributed by atoms with van der Waals surface area (Å²) in [5.41, 5.74) is 0. The summed E-state index contributed by atoms with van der Waals surface area (Å²) in [6, 6.07) is 2.06. The molecule has 4 rings (SSSR count). The quantitative estimate of drug-likeness (QED) is 0.781. The summed E-state index contributed by atoms with van der Waals surface area (Å²) in [6.45, 7) is 6.36. The molecule has 3 heterocycles. The van der Waals surface area contributed by atoms with Gasteiger partial charge in [-0.2, -0.15) is 0 Å². The van der Waals surface area contributed by atoms with Crippen LogP contribution in [0.4, 0.5) is 5.95 Å². The predicted molar refractivity (Wildman–Crippen MR) is 98.9 cm³/mol. The van der Waals surface area contributed by atoms with E-state index in [9.17, 15) is 4.79 Å². The molecule has 0 aromatic carbocycles. The van der Waals surface area contributed by atoms with Crippen LogP contribution in [-0.2, 0) is 9.53 Å². The first kappa shape index (κ1) is 17.7. The normalized spacial score (nSPS) is 26.8. The van der Waals surface area contributed by atoms with E-state index >= 15 is 0 Å². The number of rotatable bonds is 7. The Kier molecular flexibility index (Phi) is 5.65. The summed E-state index contributed by atoms with van der Waals surface area (Å²) in [5.74, 6) is 2.25. The Morgan fingerprint density at radius 1 is 1.19 bits per heavy atom. The molecule has 0 radical (unpaired) electrons. The zero-order valence-corrected chi connectivity index (χ0v) is 15.3. The third-order valence-corrected chi connectivity index (χ3v) is 5.76. The van der Waals surface area contributed by atoms with Gasteiger partial charge in [-0.05, 0) is 37.8 Å². The van der Waals surface area contributed by atoms with Crippen LogP contribution in [0.5, 0.6) is 0 Å². The number of carbonyl (C=O) groups excluding carboxylic acids is 1. The van der Waals surface area contributed by atoms with Crippen LogP contribution in [0, 0.1) is 11.8 Å². The third kappa shape index (κ3) is 4.51. The molecule has 2 aliphatic heterocycles. The monoisotopic (exact) mass is 359 g/mol. The van der Waals surface area contributed by atoms with Crippen LogP contribution in [0.3, 0.4) is 0 Å². The number of ether oxygens (including phenoxy) is 1. The minimum atomic E-state index is 0.185. The average Bonchev–Trinajstić information content (AvgIpc) is 3.44. The van der Waals surface area contributed by atoms with Crippen LogP contribution in [0.1, 0.15) is 25.7 Å². The number of carbonyl (C=O) groups is 1. The Morgan fingerprint density at radius 2 is 1.96 bits per heavy atom. The fourth-order valence-corrected chi connectivity index (χ4v) is 4.17. The van der Waals surface area contributed by atoms with Gasteiger partial charge < -0.3 is 15.0 Å². The molecular weight excluding hydrogens is 330 g/mol. The van der Waals surface area contributed by atoms with E-state index in [2.05, 4.69) is 25.1 Å². The Morgan fingerprint density at radius 3 is 2.69 bits per heavy atom. The van der Waals surface area contributed by atoms with Gasteiger partial charge in [0.05, 0.1) is 19.3 Å². The van der Waals surface area contributed by atoms with Crippen molar-refractivity contribution in [1.82, 2.24) is 20.2 Å². The van der Waals surface area contributed by atoms with E-state index in [1.807, 2.05) is 6.07 Å². The molecule has 1 aromatic rings. The molecule has 3 aliphatic rings. The van der Waals surface area contributed by atoms with E-state index in [1.54, 1.807) is 12.4 Å².